The molecule has 6 heteroatoms. The summed E-state index contributed by atoms with van der Waals surface area (Å²) in [6.07, 6.45) is 6.33. The Morgan fingerprint density at radius 2 is 1.67 bits per heavy atom. The quantitative estimate of drug-likeness (QED) is 0.803. The molecular formula is C24H29N3O3. The highest BCUT2D eigenvalue weighted by molar-refractivity contribution is 6.02. The van der Waals surface area contributed by atoms with Gasteiger partial charge in [-0.2, -0.15) is 0 Å². The molecule has 1 unspecified atom stereocenters. The van der Waals surface area contributed by atoms with Crippen molar-refractivity contribution < 1.29 is 14.7 Å². The lowest BCUT2D eigenvalue weighted by Gasteiger charge is -2.25. The number of carbonyl (C=O) groups excluding carboxylic acids is 2. The lowest BCUT2D eigenvalue weighted by atomic mass is 10.1. The molecule has 0 bridgehead atoms. The van der Waals surface area contributed by atoms with Crippen molar-refractivity contribution in [3.8, 4) is 5.75 Å². The molecular weight excluding hydrogens is 378 g/mol. The molecule has 2 N–H and O–H groups in total. The van der Waals surface area contributed by atoms with Gasteiger partial charge in [0.15, 0.2) is 0 Å². The highest BCUT2D eigenvalue weighted by atomic mass is 16.3. The zero-order valence-corrected chi connectivity index (χ0v) is 17.2. The summed E-state index contributed by atoms with van der Waals surface area (Å²) in [4.78, 5) is 29.9. The molecule has 2 saturated heterocycles. The summed E-state index contributed by atoms with van der Waals surface area (Å²) in [5, 5.41) is 13.0. The SMILES string of the molecule is O=C(Nc1cccc(N2CCCCCC2)c1)C1CCCN1C(=O)c1ccccc1O. The van der Waals surface area contributed by atoms with Crippen LogP contribution in [0.3, 0.4) is 0 Å². The monoisotopic (exact) mass is 407 g/mol. The van der Waals surface area contributed by atoms with E-state index in [2.05, 4.69) is 16.3 Å². The number of carbonyl (C=O) groups is 2. The third-order valence-corrected chi connectivity index (χ3v) is 6.04. The number of anilines is 2. The van der Waals surface area contributed by atoms with Crippen LogP contribution in [0.15, 0.2) is 48.5 Å². The van der Waals surface area contributed by atoms with Gasteiger partial charge < -0.3 is 20.2 Å². The summed E-state index contributed by atoms with van der Waals surface area (Å²) in [6, 6.07) is 13.9. The Kier molecular flexibility index (Phi) is 6.21. The molecule has 0 radical (unpaired) electrons. The summed E-state index contributed by atoms with van der Waals surface area (Å²) in [6.45, 7) is 2.60. The van der Waals surface area contributed by atoms with E-state index < -0.39 is 6.04 Å². The number of hydrogen-bond donors (Lipinski definition) is 2. The van der Waals surface area contributed by atoms with Gasteiger partial charge in [0.25, 0.3) is 5.91 Å². The van der Waals surface area contributed by atoms with Crippen molar-refractivity contribution in [2.75, 3.05) is 29.9 Å². The molecule has 4 rings (SSSR count). The van der Waals surface area contributed by atoms with Gasteiger partial charge in [-0.05, 0) is 56.0 Å². The number of hydrogen-bond acceptors (Lipinski definition) is 4. The van der Waals surface area contributed by atoms with Crippen LogP contribution in [0.4, 0.5) is 11.4 Å². The Balaban J connectivity index is 1.46. The number of para-hydroxylation sites is 1. The highest BCUT2D eigenvalue weighted by Crippen LogP contribution is 2.27. The molecule has 2 aromatic carbocycles. The van der Waals surface area contributed by atoms with Crippen LogP contribution in [0.5, 0.6) is 5.75 Å². The minimum absolute atomic E-state index is 0.0568. The summed E-state index contributed by atoms with van der Waals surface area (Å²) < 4.78 is 0. The van der Waals surface area contributed by atoms with E-state index in [4.69, 9.17) is 0 Å². The summed E-state index contributed by atoms with van der Waals surface area (Å²) in [7, 11) is 0. The van der Waals surface area contributed by atoms with E-state index in [9.17, 15) is 14.7 Å². The molecule has 158 valence electrons. The lowest BCUT2D eigenvalue weighted by molar-refractivity contribution is -0.119. The molecule has 2 amide bonds. The number of likely N-dealkylation sites (tertiary alicyclic amines) is 1. The van der Waals surface area contributed by atoms with Crippen molar-refractivity contribution >= 4 is 23.2 Å². The van der Waals surface area contributed by atoms with Crippen LogP contribution in [-0.4, -0.2) is 47.5 Å². The number of phenols is 1. The maximum atomic E-state index is 13.0. The van der Waals surface area contributed by atoms with E-state index in [0.29, 0.717) is 13.0 Å². The molecule has 0 saturated carbocycles. The Morgan fingerprint density at radius 1 is 0.900 bits per heavy atom. The summed E-state index contributed by atoms with van der Waals surface area (Å²) in [5.74, 6) is -0.535. The Morgan fingerprint density at radius 3 is 2.43 bits per heavy atom. The van der Waals surface area contributed by atoms with Gasteiger partial charge in [0.2, 0.25) is 5.91 Å². The lowest BCUT2D eigenvalue weighted by Crippen LogP contribution is -2.43. The van der Waals surface area contributed by atoms with E-state index in [-0.39, 0.29) is 23.1 Å². The number of benzene rings is 2. The molecule has 0 aromatic heterocycles. The summed E-state index contributed by atoms with van der Waals surface area (Å²) >= 11 is 0. The third-order valence-electron chi connectivity index (χ3n) is 6.04. The average Bonchev–Trinajstić information content (AvgIpc) is 3.09. The molecule has 2 fully saturated rings. The molecule has 1 atom stereocenters. The molecule has 2 aromatic rings. The van der Waals surface area contributed by atoms with Gasteiger partial charge in [0.05, 0.1) is 5.56 Å². The van der Waals surface area contributed by atoms with Crippen molar-refractivity contribution in [3.05, 3.63) is 54.1 Å². The minimum atomic E-state index is -0.529. The topological polar surface area (TPSA) is 72.9 Å². The van der Waals surface area contributed by atoms with Crippen LogP contribution in [0, 0.1) is 0 Å². The predicted octanol–water partition coefficient (Wildman–Crippen LogP) is 4.02. The number of aromatic hydroxyl groups is 1. The normalized spacial score (nSPS) is 19.4. The van der Waals surface area contributed by atoms with Gasteiger partial charge in [-0.3, -0.25) is 9.59 Å². The highest BCUT2D eigenvalue weighted by Gasteiger charge is 2.35. The molecule has 2 heterocycles. The first-order valence-corrected chi connectivity index (χ1v) is 10.9. The van der Waals surface area contributed by atoms with Gasteiger partial charge in [-0.15, -0.1) is 0 Å². The number of amides is 2. The second-order valence-electron chi connectivity index (χ2n) is 8.11. The van der Waals surface area contributed by atoms with E-state index >= 15 is 0 Å². The van der Waals surface area contributed by atoms with Crippen LogP contribution in [0.1, 0.15) is 48.9 Å². The zero-order chi connectivity index (χ0) is 20.9. The smallest absolute Gasteiger partial charge is 0.258 e. The second-order valence-corrected chi connectivity index (χ2v) is 8.11. The number of rotatable bonds is 4. The van der Waals surface area contributed by atoms with Crippen LogP contribution in [-0.2, 0) is 4.79 Å². The van der Waals surface area contributed by atoms with Crippen LogP contribution in [0.25, 0.3) is 0 Å². The first kappa shape index (κ1) is 20.3. The van der Waals surface area contributed by atoms with E-state index in [1.54, 1.807) is 23.1 Å². The minimum Gasteiger partial charge on any atom is -0.507 e. The third kappa shape index (κ3) is 4.42. The fourth-order valence-electron chi connectivity index (χ4n) is 4.43. The van der Waals surface area contributed by atoms with Gasteiger partial charge in [0, 0.05) is 31.0 Å². The van der Waals surface area contributed by atoms with Crippen molar-refractivity contribution in [1.82, 2.24) is 4.90 Å². The number of phenolic OH excluding ortho intramolecular Hbond substituents is 1. The second kappa shape index (κ2) is 9.20. The Labute approximate surface area is 177 Å². The van der Waals surface area contributed by atoms with E-state index in [0.717, 1.165) is 30.9 Å². The van der Waals surface area contributed by atoms with Crippen LogP contribution < -0.4 is 10.2 Å². The molecule has 0 spiro atoms. The molecule has 30 heavy (non-hydrogen) atoms. The van der Waals surface area contributed by atoms with E-state index in [1.807, 2.05) is 18.2 Å². The van der Waals surface area contributed by atoms with Gasteiger partial charge in [-0.25, -0.2) is 0 Å². The maximum absolute atomic E-state index is 13.0. The first-order valence-electron chi connectivity index (χ1n) is 10.9. The van der Waals surface area contributed by atoms with Crippen LogP contribution in [0.2, 0.25) is 0 Å². The zero-order valence-electron chi connectivity index (χ0n) is 17.2. The van der Waals surface area contributed by atoms with Crippen molar-refractivity contribution in [1.29, 1.82) is 0 Å². The first-order chi connectivity index (χ1) is 14.6. The van der Waals surface area contributed by atoms with Crippen molar-refractivity contribution in [3.63, 3.8) is 0 Å². The van der Waals surface area contributed by atoms with Gasteiger partial charge in [0.1, 0.15) is 11.8 Å². The Bertz CT molecular complexity index is 906. The van der Waals surface area contributed by atoms with Gasteiger partial charge >= 0.3 is 0 Å². The Hall–Kier alpha value is -3.02. The van der Waals surface area contributed by atoms with Crippen molar-refractivity contribution in [2.45, 2.75) is 44.6 Å². The molecule has 6 nitrogen and oxygen atoms in total. The van der Waals surface area contributed by atoms with Crippen LogP contribution >= 0.6 is 0 Å². The average molecular weight is 408 g/mol. The standard InChI is InChI=1S/C24H29N3O3/c28-22-13-4-3-11-20(22)24(30)27-16-8-12-21(27)23(29)25-18-9-7-10-19(17-18)26-14-5-1-2-6-15-26/h3-4,7,9-11,13,17,21,28H,1-2,5-6,8,12,14-16H2,(H,25,29). The largest absolute Gasteiger partial charge is 0.507 e. The molecule has 2 aliphatic heterocycles. The molecule has 2 aliphatic rings. The fraction of sp³-hybridized carbons (Fsp3) is 0.417. The number of nitrogens with one attached hydrogen (secondary N) is 1. The van der Waals surface area contributed by atoms with Crippen molar-refractivity contribution in [2.24, 2.45) is 0 Å². The number of nitrogens with zero attached hydrogens (tertiary/aromatic N) is 2. The summed E-state index contributed by atoms with van der Waals surface area (Å²) in [5.41, 5.74) is 2.12. The van der Waals surface area contributed by atoms with Gasteiger partial charge in [-0.1, -0.05) is 31.0 Å². The maximum Gasteiger partial charge on any atom is 0.258 e. The predicted molar refractivity (Wildman–Crippen MR) is 118 cm³/mol. The molecule has 0 aliphatic carbocycles. The van der Waals surface area contributed by atoms with E-state index in [1.165, 1.54) is 31.7 Å². The fourth-order valence-corrected chi connectivity index (χ4v) is 4.43.